The highest BCUT2D eigenvalue weighted by molar-refractivity contribution is 6.07. The second-order valence-corrected chi connectivity index (χ2v) is 9.45. The Bertz CT molecular complexity index is 745. The zero-order chi connectivity index (χ0) is 18.5. The van der Waals surface area contributed by atoms with Gasteiger partial charge in [0.25, 0.3) is 5.91 Å². The van der Waals surface area contributed by atoms with Gasteiger partial charge in [-0.25, -0.2) is 9.69 Å². The molecule has 3 atom stereocenters. The number of nitrogens with zero attached hydrogens (tertiary/aromatic N) is 1. The molecule has 1 unspecified atom stereocenters. The Morgan fingerprint density at radius 2 is 1.92 bits per heavy atom. The monoisotopic (exact) mass is 356 g/mol. The maximum atomic E-state index is 13.3. The molecule has 26 heavy (non-hydrogen) atoms. The van der Waals surface area contributed by atoms with E-state index in [1.807, 2.05) is 0 Å². The van der Waals surface area contributed by atoms with Gasteiger partial charge in [0.1, 0.15) is 12.1 Å². The largest absolute Gasteiger partial charge is 0.329 e. The number of rotatable bonds is 2. The lowest BCUT2D eigenvalue weighted by atomic mass is 9.64. The van der Waals surface area contributed by atoms with Crippen molar-refractivity contribution in [2.45, 2.75) is 58.5 Å². The Kier molecular flexibility index (Phi) is 4.10. The lowest BCUT2D eigenvalue weighted by molar-refractivity contribution is -0.923. The summed E-state index contributed by atoms with van der Waals surface area (Å²) in [5.74, 6) is 0.436. The quantitative estimate of drug-likeness (QED) is 0.793. The smallest absolute Gasteiger partial charge is 0.323 e. The van der Waals surface area contributed by atoms with Gasteiger partial charge in [-0.1, -0.05) is 45.0 Å². The Balaban J connectivity index is 1.50. The van der Waals surface area contributed by atoms with Crippen molar-refractivity contribution < 1.29 is 14.5 Å². The van der Waals surface area contributed by atoms with Gasteiger partial charge < -0.3 is 10.2 Å². The van der Waals surface area contributed by atoms with Crippen LogP contribution in [-0.4, -0.2) is 35.6 Å². The second kappa shape index (κ2) is 6.08. The van der Waals surface area contributed by atoms with Crippen LogP contribution >= 0.6 is 0 Å². The fourth-order valence-electron chi connectivity index (χ4n) is 5.65. The van der Waals surface area contributed by atoms with Crippen LogP contribution in [-0.2, 0) is 17.8 Å². The molecule has 1 saturated heterocycles. The number of carbonyl (C=O) groups excluding carboxylic acids is 2. The van der Waals surface area contributed by atoms with Crippen LogP contribution in [0.1, 0.15) is 51.2 Å². The molecule has 0 radical (unpaired) electrons. The van der Waals surface area contributed by atoms with E-state index in [1.54, 1.807) is 0 Å². The topological polar surface area (TPSA) is 53.9 Å². The van der Waals surface area contributed by atoms with Crippen molar-refractivity contribution in [3.63, 3.8) is 0 Å². The molecule has 1 aromatic rings. The van der Waals surface area contributed by atoms with E-state index < -0.39 is 5.54 Å². The normalized spacial score (nSPS) is 33.3. The molecule has 0 aromatic heterocycles. The molecule has 5 heteroatoms. The average Bonchev–Trinajstić information content (AvgIpc) is 2.76. The molecule has 2 aliphatic heterocycles. The number of urea groups is 1. The number of hydrogen-bond donors (Lipinski definition) is 2. The van der Waals surface area contributed by atoms with E-state index in [0.29, 0.717) is 12.6 Å². The summed E-state index contributed by atoms with van der Waals surface area (Å²) in [4.78, 5) is 28.7. The maximum absolute atomic E-state index is 13.3. The van der Waals surface area contributed by atoms with Gasteiger partial charge >= 0.3 is 6.03 Å². The zero-order valence-corrected chi connectivity index (χ0v) is 16.1. The SMILES string of the molecule is C[C@H]1CC(C)(C)C[C@]2(C1)NC(=O)N(C[NH+]1CCc3ccccc3C1)C2=O. The van der Waals surface area contributed by atoms with E-state index >= 15 is 0 Å². The molecule has 1 aliphatic carbocycles. The first-order chi connectivity index (χ1) is 12.3. The van der Waals surface area contributed by atoms with Gasteiger partial charge in [-0.3, -0.25) is 4.79 Å². The number of fused-ring (bicyclic) bond motifs is 1. The average molecular weight is 356 g/mol. The van der Waals surface area contributed by atoms with Crippen molar-refractivity contribution >= 4 is 11.9 Å². The molecule has 1 spiro atoms. The van der Waals surface area contributed by atoms with Crippen LogP contribution in [0.3, 0.4) is 0 Å². The van der Waals surface area contributed by atoms with Gasteiger partial charge in [-0.15, -0.1) is 0 Å². The Morgan fingerprint density at radius 1 is 1.19 bits per heavy atom. The number of quaternary nitrogens is 1. The number of nitrogens with one attached hydrogen (secondary N) is 2. The van der Waals surface area contributed by atoms with Crippen LogP contribution in [0.4, 0.5) is 4.79 Å². The van der Waals surface area contributed by atoms with Crippen molar-refractivity contribution in [1.82, 2.24) is 10.2 Å². The summed E-state index contributed by atoms with van der Waals surface area (Å²) in [5.41, 5.74) is 2.12. The van der Waals surface area contributed by atoms with Gasteiger partial charge in [0.15, 0.2) is 6.67 Å². The van der Waals surface area contributed by atoms with Crippen LogP contribution in [0.5, 0.6) is 0 Å². The van der Waals surface area contributed by atoms with Crippen LogP contribution in [0.15, 0.2) is 24.3 Å². The molecule has 4 rings (SSSR count). The van der Waals surface area contributed by atoms with Gasteiger partial charge in [-0.2, -0.15) is 0 Å². The number of benzene rings is 1. The van der Waals surface area contributed by atoms with Crippen molar-refractivity contribution in [2.24, 2.45) is 11.3 Å². The summed E-state index contributed by atoms with van der Waals surface area (Å²) in [6.07, 6.45) is 3.61. The van der Waals surface area contributed by atoms with E-state index in [1.165, 1.54) is 20.9 Å². The molecule has 1 saturated carbocycles. The van der Waals surface area contributed by atoms with Crippen molar-refractivity contribution in [1.29, 1.82) is 0 Å². The lowest BCUT2D eigenvalue weighted by Gasteiger charge is -2.43. The number of hydrogen-bond acceptors (Lipinski definition) is 2. The predicted molar refractivity (Wildman–Crippen MR) is 99.5 cm³/mol. The summed E-state index contributed by atoms with van der Waals surface area (Å²) < 4.78 is 0. The van der Waals surface area contributed by atoms with Gasteiger partial charge in [-0.05, 0) is 36.2 Å². The molecule has 5 nitrogen and oxygen atoms in total. The fourth-order valence-corrected chi connectivity index (χ4v) is 5.65. The molecule has 3 aliphatic rings. The summed E-state index contributed by atoms with van der Waals surface area (Å²) in [7, 11) is 0. The van der Waals surface area contributed by atoms with Crippen molar-refractivity contribution in [2.75, 3.05) is 13.2 Å². The van der Waals surface area contributed by atoms with E-state index in [0.717, 1.165) is 38.8 Å². The maximum Gasteiger partial charge on any atom is 0.329 e. The van der Waals surface area contributed by atoms with E-state index in [4.69, 9.17) is 0 Å². The van der Waals surface area contributed by atoms with Crippen LogP contribution in [0, 0.1) is 11.3 Å². The molecule has 2 N–H and O–H groups in total. The first kappa shape index (κ1) is 17.5. The number of amides is 3. The first-order valence-electron chi connectivity index (χ1n) is 9.82. The van der Waals surface area contributed by atoms with E-state index in [2.05, 4.69) is 50.4 Å². The summed E-state index contributed by atoms with van der Waals surface area (Å²) in [5, 5.41) is 3.09. The van der Waals surface area contributed by atoms with Crippen molar-refractivity contribution in [3.8, 4) is 0 Å². The summed E-state index contributed by atoms with van der Waals surface area (Å²) >= 11 is 0. The summed E-state index contributed by atoms with van der Waals surface area (Å²) in [6, 6.07) is 8.28. The van der Waals surface area contributed by atoms with Crippen LogP contribution in [0.25, 0.3) is 0 Å². The minimum atomic E-state index is -0.689. The Labute approximate surface area is 155 Å². The third-order valence-electron chi connectivity index (χ3n) is 6.31. The third kappa shape index (κ3) is 3.02. The van der Waals surface area contributed by atoms with Gasteiger partial charge in [0.05, 0.1) is 6.54 Å². The minimum absolute atomic E-state index is 0.00603. The minimum Gasteiger partial charge on any atom is -0.323 e. The van der Waals surface area contributed by atoms with Crippen LogP contribution < -0.4 is 10.2 Å². The fraction of sp³-hybridized carbons (Fsp3) is 0.619. The first-order valence-corrected chi connectivity index (χ1v) is 9.82. The number of carbonyl (C=O) groups is 2. The van der Waals surface area contributed by atoms with Crippen LogP contribution in [0.2, 0.25) is 0 Å². The molecule has 140 valence electrons. The highest BCUT2D eigenvalue weighted by Gasteiger charge is 2.56. The zero-order valence-electron chi connectivity index (χ0n) is 16.1. The molecule has 2 fully saturated rings. The molecule has 2 heterocycles. The Hall–Kier alpha value is -1.88. The van der Waals surface area contributed by atoms with Gasteiger partial charge in [0, 0.05) is 12.0 Å². The van der Waals surface area contributed by atoms with E-state index in [9.17, 15) is 9.59 Å². The molecule has 0 bridgehead atoms. The molecular weight excluding hydrogens is 326 g/mol. The lowest BCUT2D eigenvalue weighted by Crippen LogP contribution is -3.13. The molecular formula is C21H30N3O2+. The highest BCUT2D eigenvalue weighted by Crippen LogP contribution is 2.46. The third-order valence-corrected chi connectivity index (χ3v) is 6.31. The Morgan fingerprint density at radius 3 is 2.65 bits per heavy atom. The highest BCUT2D eigenvalue weighted by atomic mass is 16.2. The second-order valence-electron chi connectivity index (χ2n) is 9.45. The standard InChI is InChI=1S/C21H29N3O2/c1-15-10-20(2,3)13-21(11-15)18(25)24(19(26)22-21)14-23-9-8-16-6-4-5-7-17(16)12-23/h4-7,15H,8-14H2,1-3H3,(H,22,26)/p+1/t15-,21-/m0/s1. The summed E-state index contributed by atoms with van der Waals surface area (Å²) in [6.45, 7) is 8.91. The van der Waals surface area contributed by atoms with E-state index in [-0.39, 0.29) is 17.4 Å². The van der Waals surface area contributed by atoms with Crippen molar-refractivity contribution in [3.05, 3.63) is 35.4 Å². The predicted octanol–water partition coefficient (Wildman–Crippen LogP) is 1.72. The molecule has 1 aromatic carbocycles. The number of imide groups is 1. The van der Waals surface area contributed by atoms with Gasteiger partial charge in [0.2, 0.25) is 0 Å². The molecule has 3 amide bonds.